The van der Waals surface area contributed by atoms with Gasteiger partial charge in [0.25, 0.3) is 0 Å². The van der Waals surface area contributed by atoms with Gasteiger partial charge in [0.2, 0.25) is 0 Å². The summed E-state index contributed by atoms with van der Waals surface area (Å²) in [6, 6.07) is 0. The molecule has 0 heterocycles. The minimum Gasteiger partial charge on any atom is -0.0628 e. The van der Waals surface area contributed by atoms with Crippen molar-refractivity contribution >= 4 is 0 Å². The fourth-order valence-corrected chi connectivity index (χ4v) is 3.31. The number of rotatable bonds is 13. The Hall–Kier alpha value is 0. The molecule has 0 nitrogen and oxygen atoms in total. The van der Waals surface area contributed by atoms with Gasteiger partial charge in [0.15, 0.2) is 0 Å². The molecule has 0 saturated carbocycles. The van der Waals surface area contributed by atoms with Gasteiger partial charge in [0, 0.05) is 0 Å². The van der Waals surface area contributed by atoms with Crippen molar-refractivity contribution in [1.29, 1.82) is 0 Å². The van der Waals surface area contributed by atoms with Gasteiger partial charge in [-0.15, -0.1) is 0 Å². The van der Waals surface area contributed by atoms with E-state index in [1.54, 1.807) is 0 Å². The smallest absolute Gasteiger partial charge is 0.0354 e. The van der Waals surface area contributed by atoms with Gasteiger partial charge in [-0.25, -0.2) is 0 Å². The molecule has 0 aromatic rings. The van der Waals surface area contributed by atoms with Crippen molar-refractivity contribution in [2.24, 2.45) is 29.1 Å². The lowest BCUT2D eigenvalue weighted by Crippen LogP contribution is -2.13. The van der Waals surface area contributed by atoms with Crippen molar-refractivity contribution in [3.05, 3.63) is 0 Å². The fraction of sp³-hybridized carbons (Fsp3) is 1.00. The van der Waals surface area contributed by atoms with Crippen LogP contribution in [0, 0.1) is 29.1 Å². The second-order valence-corrected chi connectivity index (χ2v) is 9.60. The molecule has 0 amide bonds. The highest BCUT2D eigenvalue weighted by Gasteiger charge is 2.18. The van der Waals surface area contributed by atoms with Gasteiger partial charge in [0.1, 0.15) is 0 Å². The SMILES string of the molecule is CC(C)CCCC(C)CCCC(C)(C)CCCC(C)C(C)C. The molecule has 2 unspecified atom stereocenters. The van der Waals surface area contributed by atoms with Crippen LogP contribution in [0.1, 0.15) is 113 Å². The molecule has 0 saturated heterocycles. The molecule has 0 bridgehead atoms. The zero-order chi connectivity index (χ0) is 17.2. The highest BCUT2D eigenvalue weighted by atomic mass is 14.2. The first-order valence-corrected chi connectivity index (χ1v) is 10.1. The average Bonchev–Trinajstić information content (AvgIpc) is 2.37. The molecule has 0 aromatic carbocycles. The van der Waals surface area contributed by atoms with Crippen molar-refractivity contribution in [3.8, 4) is 0 Å². The molecule has 0 spiro atoms. The Labute approximate surface area is 142 Å². The van der Waals surface area contributed by atoms with E-state index >= 15 is 0 Å². The van der Waals surface area contributed by atoms with Crippen LogP contribution in [0.2, 0.25) is 0 Å². The van der Waals surface area contributed by atoms with Crippen LogP contribution in [0.25, 0.3) is 0 Å². The Morgan fingerprint density at radius 1 is 0.636 bits per heavy atom. The van der Waals surface area contributed by atoms with Crippen molar-refractivity contribution in [2.45, 2.75) is 113 Å². The first-order valence-electron chi connectivity index (χ1n) is 10.1. The van der Waals surface area contributed by atoms with Crippen molar-refractivity contribution in [3.63, 3.8) is 0 Å². The van der Waals surface area contributed by atoms with Crippen LogP contribution in [0.5, 0.6) is 0 Å². The van der Waals surface area contributed by atoms with Crippen molar-refractivity contribution in [1.82, 2.24) is 0 Å². The Morgan fingerprint density at radius 2 is 1.14 bits per heavy atom. The van der Waals surface area contributed by atoms with Crippen molar-refractivity contribution in [2.75, 3.05) is 0 Å². The number of hydrogen-bond donors (Lipinski definition) is 0. The number of hydrogen-bond acceptors (Lipinski definition) is 0. The molecule has 0 aromatic heterocycles. The van der Waals surface area contributed by atoms with Crippen LogP contribution in [0.4, 0.5) is 0 Å². The van der Waals surface area contributed by atoms with Crippen molar-refractivity contribution < 1.29 is 0 Å². The van der Waals surface area contributed by atoms with Crippen LogP contribution in [0.15, 0.2) is 0 Å². The van der Waals surface area contributed by atoms with E-state index in [1.807, 2.05) is 0 Å². The average molecular weight is 311 g/mol. The van der Waals surface area contributed by atoms with Gasteiger partial charge in [0.05, 0.1) is 0 Å². The fourth-order valence-electron chi connectivity index (χ4n) is 3.31. The molecular weight excluding hydrogens is 264 g/mol. The Kier molecular flexibility index (Phi) is 11.5. The first-order chi connectivity index (χ1) is 10.1. The maximum atomic E-state index is 2.48. The van der Waals surface area contributed by atoms with Crippen LogP contribution >= 0.6 is 0 Å². The third kappa shape index (κ3) is 12.5. The highest BCUT2D eigenvalue weighted by Crippen LogP contribution is 2.32. The third-order valence-electron chi connectivity index (χ3n) is 5.68. The summed E-state index contributed by atoms with van der Waals surface area (Å²) in [4.78, 5) is 0. The molecule has 2 atom stereocenters. The Balaban J connectivity index is 3.74. The molecule has 0 radical (unpaired) electrons. The molecule has 0 heteroatoms. The lowest BCUT2D eigenvalue weighted by molar-refractivity contribution is 0.259. The topological polar surface area (TPSA) is 0 Å². The third-order valence-corrected chi connectivity index (χ3v) is 5.68. The van der Waals surface area contributed by atoms with Gasteiger partial charge in [-0.3, -0.25) is 0 Å². The van der Waals surface area contributed by atoms with E-state index in [4.69, 9.17) is 0 Å². The van der Waals surface area contributed by atoms with E-state index in [0.717, 1.165) is 23.7 Å². The quantitative estimate of drug-likeness (QED) is 0.322. The minimum atomic E-state index is 0.550. The van der Waals surface area contributed by atoms with E-state index in [-0.39, 0.29) is 0 Å². The van der Waals surface area contributed by atoms with Crippen LogP contribution in [-0.4, -0.2) is 0 Å². The minimum absolute atomic E-state index is 0.550. The summed E-state index contributed by atoms with van der Waals surface area (Å²) in [6.07, 6.45) is 12.8. The Morgan fingerprint density at radius 3 is 1.64 bits per heavy atom. The summed E-state index contributed by atoms with van der Waals surface area (Å²) in [6.45, 7) is 19.2. The molecule has 0 aliphatic rings. The van der Waals surface area contributed by atoms with Gasteiger partial charge < -0.3 is 0 Å². The van der Waals surface area contributed by atoms with E-state index in [2.05, 4.69) is 55.4 Å². The maximum absolute atomic E-state index is 2.48. The normalized spacial score (nSPS) is 15.5. The summed E-state index contributed by atoms with van der Waals surface area (Å²) < 4.78 is 0. The van der Waals surface area contributed by atoms with Gasteiger partial charge >= 0.3 is 0 Å². The lowest BCUT2D eigenvalue weighted by atomic mass is 9.79. The molecule has 22 heavy (non-hydrogen) atoms. The van der Waals surface area contributed by atoms with E-state index in [1.165, 1.54) is 57.8 Å². The monoisotopic (exact) mass is 310 g/mol. The van der Waals surface area contributed by atoms with E-state index < -0.39 is 0 Å². The molecule has 0 rings (SSSR count). The molecule has 0 aliphatic heterocycles. The summed E-state index contributed by atoms with van der Waals surface area (Å²) in [7, 11) is 0. The highest BCUT2D eigenvalue weighted by molar-refractivity contribution is 4.71. The summed E-state index contributed by atoms with van der Waals surface area (Å²) in [5.74, 6) is 3.53. The van der Waals surface area contributed by atoms with E-state index in [0.29, 0.717) is 5.41 Å². The summed E-state index contributed by atoms with van der Waals surface area (Å²) in [5.41, 5.74) is 0.550. The predicted octanol–water partition coefficient (Wildman–Crippen LogP) is 8.11. The Bertz CT molecular complexity index is 249. The standard InChI is InChI=1S/C22H46/c1-18(2)12-9-13-20(5)14-10-16-22(7,8)17-11-15-21(6)19(3)4/h18-21H,9-17H2,1-8H3. The summed E-state index contributed by atoms with van der Waals surface area (Å²) in [5, 5.41) is 0. The molecule has 0 N–H and O–H groups in total. The van der Waals surface area contributed by atoms with Crippen LogP contribution < -0.4 is 0 Å². The maximum Gasteiger partial charge on any atom is -0.0354 e. The second kappa shape index (κ2) is 11.5. The van der Waals surface area contributed by atoms with Gasteiger partial charge in [-0.2, -0.15) is 0 Å². The van der Waals surface area contributed by atoms with Gasteiger partial charge in [-0.1, -0.05) is 100 Å². The lowest BCUT2D eigenvalue weighted by Gasteiger charge is -2.26. The second-order valence-electron chi connectivity index (χ2n) is 9.60. The zero-order valence-electron chi connectivity index (χ0n) is 17.2. The van der Waals surface area contributed by atoms with Crippen LogP contribution in [-0.2, 0) is 0 Å². The molecule has 0 aliphatic carbocycles. The zero-order valence-corrected chi connectivity index (χ0v) is 17.2. The predicted molar refractivity (Wildman–Crippen MR) is 103 cm³/mol. The largest absolute Gasteiger partial charge is 0.0628 e. The summed E-state index contributed by atoms with van der Waals surface area (Å²) >= 11 is 0. The molecular formula is C22H46. The molecule has 134 valence electrons. The first kappa shape index (κ1) is 22.0. The van der Waals surface area contributed by atoms with E-state index in [9.17, 15) is 0 Å². The molecule has 0 fully saturated rings. The van der Waals surface area contributed by atoms with Gasteiger partial charge in [-0.05, 0) is 41.9 Å². The van der Waals surface area contributed by atoms with Crippen LogP contribution in [0.3, 0.4) is 0 Å².